The second kappa shape index (κ2) is 2.80. The van der Waals surface area contributed by atoms with Crippen LogP contribution in [0.5, 0.6) is 0 Å². The Labute approximate surface area is 80.1 Å². The highest BCUT2D eigenvalue weighted by Gasteiger charge is 2.30. The molecule has 0 N–H and O–H groups in total. The molecule has 0 unspecified atom stereocenters. The van der Waals surface area contributed by atoms with Crippen LogP contribution in [0, 0.1) is 10.1 Å². The zero-order valence-corrected chi connectivity index (χ0v) is 7.56. The highest BCUT2D eigenvalue weighted by molar-refractivity contribution is 6.02. The van der Waals surface area contributed by atoms with E-state index in [0.717, 1.165) is 0 Å². The van der Waals surface area contributed by atoms with Crippen molar-refractivity contribution in [2.75, 3.05) is 11.9 Å². The summed E-state index contributed by atoms with van der Waals surface area (Å²) >= 11 is 0. The molecule has 0 atom stereocenters. The van der Waals surface area contributed by atoms with E-state index in [9.17, 15) is 14.9 Å². The standard InChI is InChI=1S/C9H8N2O3/c1-10-7-3-2-4-8(11(13)14)6(7)5-9(10)12/h2-4H,5H2,1H3. The molecule has 1 aliphatic rings. The summed E-state index contributed by atoms with van der Waals surface area (Å²) in [5, 5.41) is 10.6. The Morgan fingerprint density at radius 3 is 2.86 bits per heavy atom. The number of benzene rings is 1. The number of fused-ring (bicyclic) bond motifs is 1. The first-order valence-electron chi connectivity index (χ1n) is 4.14. The van der Waals surface area contributed by atoms with Gasteiger partial charge in [-0.1, -0.05) is 6.07 Å². The maximum absolute atomic E-state index is 11.3. The lowest BCUT2D eigenvalue weighted by Gasteiger charge is -2.08. The third-order valence-corrected chi connectivity index (χ3v) is 2.39. The van der Waals surface area contributed by atoms with Crippen molar-refractivity contribution >= 4 is 17.3 Å². The van der Waals surface area contributed by atoms with Gasteiger partial charge in [-0.25, -0.2) is 0 Å². The molecule has 0 spiro atoms. The van der Waals surface area contributed by atoms with Crippen LogP contribution in [0.3, 0.4) is 0 Å². The number of hydrogen-bond donors (Lipinski definition) is 0. The Kier molecular flexibility index (Phi) is 1.73. The Hall–Kier alpha value is -1.91. The lowest BCUT2D eigenvalue weighted by Crippen LogP contribution is -2.20. The normalized spacial score (nSPS) is 14.4. The zero-order chi connectivity index (χ0) is 10.3. The number of carbonyl (C=O) groups excluding carboxylic acids is 1. The Balaban J connectivity index is 2.61. The number of hydrogen-bond acceptors (Lipinski definition) is 3. The minimum atomic E-state index is -0.453. The van der Waals surface area contributed by atoms with Crippen molar-refractivity contribution in [3.63, 3.8) is 0 Å². The van der Waals surface area contributed by atoms with Gasteiger partial charge in [0.15, 0.2) is 0 Å². The van der Waals surface area contributed by atoms with E-state index in [4.69, 9.17) is 0 Å². The Morgan fingerprint density at radius 2 is 2.21 bits per heavy atom. The number of carbonyl (C=O) groups is 1. The number of likely N-dealkylation sites (N-methyl/N-ethyl adjacent to an activating group) is 1. The van der Waals surface area contributed by atoms with Gasteiger partial charge < -0.3 is 4.90 Å². The van der Waals surface area contributed by atoms with E-state index in [2.05, 4.69) is 0 Å². The van der Waals surface area contributed by atoms with Gasteiger partial charge in [0.1, 0.15) is 0 Å². The molecule has 2 rings (SSSR count). The quantitative estimate of drug-likeness (QED) is 0.494. The fourth-order valence-corrected chi connectivity index (χ4v) is 1.63. The van der Waals surface area contributed by atoms with E-state index in [-0.39, 0.29) is 18.0 Å². The molecule has 0 bridgehead atoms. The second-order valence-electron chi connectivity index (χ2n) is 3.16. The van der Waals surface area contributed by atoms with Gasteiger partial charge in [0.25, 0.3) is 5.69 Å². The maximum atomic E-state index is 11.3. The molecular formula is C9H8N2O3. The van der Waals surface area contributed by atoms with Crippen molar-refractivity contribution in [3.8, 4) is 0 Å². The molecule has 1 aromatic carbocycles. The number of rotatable bonds is 1. The van der Waals surface area contributed by atoms with Crippen LogP contribution in [-0.4, -0.2) is 17.9 Å². The lowest BCUT2D eigenvalue weighted by molar-refractivity contribution is -0.385. The van der Waals surface area contributed by atoms with Gasteiger partial charge in [0, 0.05) is 13.1 Å². The molecule has 0 fully saturated rings. The summed E-state index contributed by atoms with van der Waals surface area (Å²) in [4.78, 5) is 23.0. The van der Waals surface area contributed by atoms with Crippen LogP contribution < -0.4 is 4.90 Å². The van der Waals surface area contributed by atoms with Crippen LogP contribution in [0.4, 0.5) is 11.4 Å². The first-order valence-corrected chi connectivity index (χ1v) is 4.14. The molecule has 0 radical (unpaired) electrons. The van der Waals surface area contributed by atoms with Gasteiger partial charge in [0.05, 0.1) is 22.6 Å². The van der Waals surface area contributed by atoms with E-state index >= 15 is 0 Å². The largest absolute Gasteiger partial charge is 0.315 e. The first kappa shape index (κ1) is 8.68. The number of nitrogens with zero attached hydrogens (tertiary/aromatic N) is 2. The van der Waals surface area contributed by atoms with E-state index in [0.29, 0.717) is 11.3 Å². The van der Waals surface area contributed by atoms with Crippen LogP contribution in [0.1, 0.15) is 5.56 Å². The maximum Gasteiger partial charge on any atom is 0.275 e. The molecule has 5 nitrogen and oxygen atoms in total. The van der Waals surface area contributed by atoms with Crippen molar-refractivity contribution in [3.05, 3.63) is 33.9 Å². The minimum absolute atomic E-state index is 0.0280. The monoisotopic (exact) mass is 192 g/mol. The van der Waals surface area contributed by atoms with E-state index in [1.165, 1.54) is 11.0 Å². The summed E-state index contributed by atoms with van der Waals surface area (Å²) in [6, 6.07) is 4.73. The van der Waals surface area contributed by atoms with Crippen LogP contribution in [-0.2, 0) is 11.2 Å². The number of anilines is 1. The summed E-state index contributed by atoms with van der Waals surface area (Å²) in [5.41, 5.74) is 1.19. The highest BCUT2D eigenvalue weighted by atomic mass is 16.6. The molecule has 1 aromatic rings. The number of nitro groups is 1. The van der Waals surface area contributed by atoms with Crippen molar-refractivity contribution in [2.24, 2.45) is 0 Å². The van der Waals surface area contributed by atoms with Gasteiger partial charge in [-0.3, -0.25) is 14.9 Å². The molecule has 0 aliphatic carbocycles. The molecule has 0 aromatic heterocycles. The fraction of sp³-hybridized carbons (Fsp3) is 0.222. The number of nitro benzene ring substituents is 1. The van der Waals surface area contributed by atoms with Gasteiger partial charge in [0.2, 0.25) is 5.91 Å². The van der Waals surface area contributed by atoms with Crippen LogP contribution in [0.2, 0.25) is 0 Å². The molecule has 1 amide bonds. The molecule has 14 heavy (non-hydrogen) atoms. The van der Waals surface area contributed by atoms with Gasteiger partial charge in [-0.2, -0.15) is 0 Å². The summed E-state index contributed by atoms with van der Waals surface area (Å²) in [7, 11) is 1.62. The van der Waals surface area contributed by atoms with Crippen molar-refractivity contribution in [2.45, 2.75) is 6.42 Å². The van der Waals surface area contributed by atoms with E-state index in [1.54, 1.807) is 19.2 Å². The molecule has 0 saturated carbocycles. The average molecular weight is 192 g/mol. The van der Waals surface area contributed by atoms with Gasteiger partial charge in [-0.05, 0) is 6.07 Å². The van der Waals surface area contributed by atoms with Crippen LogP contribution in [0.15, 0.2) is 18.2 Å². The molecule has 72 valence electrons. The lowest BCUT2D eigenvalue weighted by atomic mass is 10.1. The third kappa shape index (κ3) is 1.06. The number of amides is 1. The minimum Gasteiger partial charge on any atom is -0.315 e. The first-order chi connectivity index (χ1) is 6.61. The molecule has 1 heterocycles. The van der Waals surface area contributed by atoms with Gasteiger partial charge >= 0.3 is 0 Å². The van der Waals surface area contributed by atoms with Crippen LogP contribution in [0.25, 0.3) is 0 Å². The topological polar surface area (TPSA) is 63.5 Å². The molecule has 0 saturated heterocycles. The summed E-state index contributed by atoms with van der Waals surface area (Å²) in [6.45, 7) is 0. The second-order valence-corrected chi connectivity index (χ2v) is 3.16. The summed E-state index contributed by atoms with van der Waals surface area (Å²) < 4.78 is 0. The summed E-state index contributed by atoms with van der Waals surface area (Å²) in [5.74, 6) is -0.103. The Bertz CT molecular complexity index is 428. The van der Waals surface area contributed by atoms with E-state index < -0.39 is 4.92 Å². The predicted octanol–water partition coefficient (Wildman–Crippen LogP) is 1.11. The van der Waals surface area contributed by atoms with E-state index in [1.807, 2.05) is 0 Å². The van der Waals surface area contributed by atoms with Crippen LogP contribution >= 0.6 is 0 Å². The van der Waals surface area contributed by atoms with Crippen molar-refractivity contribution in [1.29, 1.82) is 0 Å². The Morgan fingerprint density at radius 1 is 1.50 bits per heavy atom. The summed E-state index contributed by atoms with van der Waals surface area (Å²) in [6.07, 6.45) is 0.128. The highest BCUT2D eigenvalue weighted by Crippen LogP contribution is 2.34. The molecular weight excluding hydrogens is 184 g/mol. The molecule has 5 heteroatoms. The van der Waals surface area contributed by atoms with Gasteiger partial charge in [-0.15, -0.1) is 0 Å². The predicted molar refractivity (Wildman–Crippen MR) is 50.2 cm³/mol. The van der Waals surface area contributed by atoms with Crippen molar-refractivity contribution in [1.82, 2.24) is 0 Å². The third-order valence-electron chi connectivity index (χ3n) is 2.39. The average Bonchev–Trinajstić information content (AvgIpc) is 2.43. The SMILES string of the molecule is CN1C(=O)Cc2c1cccc2[N+](=O)[O-]. The fourth-order valence-electron chi connectivity index (χ4n) is 1.63. The molecule has 1 aliphatic heterocycles. The smallest absolute Gasteiger partial charge is 0.275 e. The van der Waals surface area contributed by atoms with Crippen molar-refractivity contribution < 1.29 is 9.72 Å². The zero-order valence-electron chi connectivity index (χ0n) is 7.56.